The first-order chi connectivity index (χ1) is 37.0. The molecule has 2 amide bonds. The Hall–Kier alpha value is -5.22. The maximum absolute atomic E-state index is 13.5. The fourth-order valence-electron chi connectivity index (χ4n) is 8.92. The average molecular weight is 1150 g/mol. The van der Waals surface area contributed by atoms with Gasteiger partial charge >= 0.3 is 17.9 Å². The molecule has 0 saturated carbocycles. The van der Waals surface area contributed by atoms with Crippen molar-refractivity contribution in [2.24, 2.45) is 5.73 Å². The molecule has 0 aliphatic carbocycles. The Labute approximate surface area is 472 Å². The molecule has 7 rings (SSSR count). The van der Waals surface area contributed by atoms with E-state index in [1.165, 1.54) is 12.1 Å². The lowest BCUT2D eigenvalue weighted by molar-refractivity contribution is -0.240. The van der Waals surface area contributed by atoms with E-state index in [1.807, 2.05) is 75.3 Å². The van der Waals surface area contributed by atoms with Crippen LogP contribution in [0.1, 0.15) is 112 Å². The third kappa shape index (κ3) is 18.2. The van der Waals surface area contributed by atoms with E-state index in [-0.39, 0.29) is 42.3 Å². The van der Waals surface area contributed by atoms with Gasteiger partial charge < -0.3 is 49.3 Å². The number of piperidine rings is 2. The second-order valence-corrected chi connectivity index (χ2v) is 21.5. The number of hydrogen-bond donors (Lipinski definition) is 2. The molecule has 18 nitrogen and oxygen atoms in total. The number of nitrogens with one attached hydrogen (secondary N) is 1. The topological polar surface area (TPSA) is 200 Å². The predicted molar refractivity (Wildman–Crippen MR) is 301 cm³/mol. The second-order valence-electron chi connectivity index (χ2n) is 20.4. The molecular weight excluding hydrogens is 1070 g/mol. The fourth-order valence-corrected chi connectivity index (χ4v) is 9.44. The van der Waals surface area contributed by atoms with Gasteiger partial charge in [-0.1, -0.05) is 34.8 Å². The van der Waals surface area contributed by atoms with Crippen LogP contribution in [0, 0.1) is 5.82 Å². The SMILES string of the molecule is CC(C)(C)OC(=O)N1CCC(n2cc(-c3ccnc(Cl)c3)n(-c3ccc(F)cc3)c2=O)CC1.CCOC(CN)(OCC)c1ccnc(Cl)c1.CCOC(CNC1CCN(C(=O)OC(C)(C)C)CC1)(OCC)c1ccnc(Cl)c1. The minimum Gasteiger partial charge on any atom is -0.444 e. The van der Waals surface area contributed by atoms with Crippen molar-refractivity contribution >= 4 is 47.0 Å². The van der Waals surface area contributed by atoms with Crippen LogP contribution in [-0.2, 0) is 40.0 Å². The van der Waals surface area contributed by atoms with Gasteiger partial charge in [0, 0.05) is 106 Å². The maximum Gasteiger partial charge on any atom is 0.410 e. The number of amides is 2. The zero-order chi connectivity index (χ0) is 57.3. The van der Waals surface area contributed by atoms with Gasteiger partial charge in [0.2, 0.25) is 11.6 Å². The number of hydrogen-bond acceptors (Lipinski definition) is 14. The Kier molecular flexibility index (Phi) is 23.9. The Balaban J connectivity index is 0.000000228. The summed E-state index contributed by atoms with van der Waals surface area (Å²) >= 11 is 18.0. The number of halogens is 4. The van der Waals surface area contributed by atoms with Gasteiger partial charge in [0.1, 0.15) is 32.5 Å². The van der Waals surface area contributed by atoms with Crippen LogP contribution in [-0.4, -0.2) is 129 Å². The standard InChI is InChI=1S/C24H26ClFN4O3.C21H34ClN3O4.C11H17ClN2O2/c1-24(2,3)33-23(32)28-12-9-18(10-13-28)29-15-20(16-8-11-27-21(25)14-16)30(22(29)31)19-6-4-17(26)5-7-19;1-6-27-21(28-7-2,16-8-11-23-18(22)14-16)15-24-17-9-12-25(13-10-17)19(26)29-20(3,4)5;1-3-15-11(8-13,16-4-2)9-5-6-14-10(12)7-9/h4-8,11,14-15,18H,9-10,12-13H2,1-3H3;8,11,14,17,24H,6-7,9-10,12-13,15H2,1-5H3;5-7H,3-4,8,13H2,1-2H3. The summed E-state index contributed by atoms with van der Waals surface area (Å²) in [6, 6.07) is 16.6. The molecule has 0 spiro atoms. The van der Waals surface area contributed by atoms with Crippen molar-refractivity contribution in [1.82, 2.24) is 39.2 Å². The number of benzene rings is 1. The van der Waals surface area contributed by atoms with E-state index in [4.69, 9.17) is 69.0 Å². The van der Waals surface area contributed by atoms with Gasteiger partial charge in [-0.15, -0.1) is 0 Å². The molecule has 428 valence electrons. The summed E-state index contributed by atoms with van der Waals surface area (Å²) in [4.78, 5) is 53.6. The lowest BCUT2D eigenvalue weighted by Crippen LogP contribution is -2.51. The van der Waals surface area contributed by atoms with E-state index in [2.05, 4.69) is 20.3 Å². The molecule has 2 fully saturated rings. The van der Waals surface area contributed by atoms with E-state index < -0.39 is 22.8 Å². The van der Waals surface area contributed by atoms with Crippen molar-refractivity contribution in [3.8, 4) is 16.9 Å². The van der Waals surface area contributed by atoms with Crippen LogP contribution in [0.25, 0.3) is 16.9 Å². The monoisotopic (exact) mass is 1140 g/mol. The zero-order valence-electron chi connectivity index (χ0n) is 46.5. The number of carbonyl (C=O) groups excluding carboxylic acids is 2. The molecule has 0 bridgehead atoms. The highest BCUT2D eigenvalue weighted by Crippen LogP contribution is 2.32. The number of pyridine rings is 3. The Bertz CT molecular complexity index is 2730. The van der Waals surface area contributed by atoms with Gasteiger partial charge in [0.15, 0.2) is 0 Å². The van der Waals surface area contributed by atoms with Crippen molar-refractivity contribution < 1.29 is 42.4 Å². The zero-order valence-corrected chi connectivity index (χ0v) is 48.8. The Morgan fingerprint density at radius 3 is 1.53 bits per heavy atom. The molecular formula is C56H77Cl3FN9O9. The summed E-state index contributed by atoms with van der Waals surface area (Å²) < 4.78 is 51.1. The molecule has 6 heterocycles. The first-order valence-corrected chi connectivity index (χ1v) is 27.5. The maximum atomic E-state index is 13.5. The Morgan fingerprint density at radius 2 is 1.09 bits per heavy atom. The van der Waals surface area contributed by atoms with Crippen LogP contribution >= 0.6 is 34.8 Å². The van der Waals surface area contributed by atoms with Gasteiger partial charge in [-0.3, -0.25) is 9.13 Å². The molecule has 2 aliphatic rings. The van der Waals surface area contributed by atoms with Crippen molar-refractivity contribution in [1.29, 1.82) is 0 Å². The molecule has 0 unspecified atom stereocenters. The van der Waals surface area contributed by atoms with Gasteiger partial charge in [-0.05, 0) is 156 Å². The summed E-state index contributed by atoms with van der Waals surface area (Å²) in [5.41, 5.74) is 8.00. The minimum absolute atomic E-state index is 0.0889. The first kappa shape index (κ1) is 63.6. The fraction of sp³-hybridized carbons (Fsp3) is 0.536. The van der Waals surface area contributed by atoms with Crippen molar-refractivity contribution in [3.05, 3.63) is 128 Å². The third-order valence-electron chi connectivity index (χ3n) is 12.4. The molecule has 3 N–H and O–H groups in total. The van der Waals surface area contributed by atoms with Crippen LogP contribution < -0.4 is 16.7 Å². The number of nitrogens with two attached hydrogens (primary N) is 1. The smallest absolute Gasteiger partial charge is 0.410 e. The largest absolute Gasteiger partial charge is 0.444 e. The molecule has 2 aliphatic heterocycles. The number of imidazole rings is 1. The number of carbonyl (C=O) groups is 2. The summed E-state index contributed by atoms with van der Waals surface area (Å²) in [6.07, 6.45) is 8.95. The molecule has 4 aromatic heterocycles. The van der Waals surface area contributed by atoms with Crippen LogP contribution in [0.4, 0.5) is 14.0 Å². The van der Waals surface area contributed by atoms with E-state index in [1.54, 1.807) is 86.2 Å². The highest BCUT2D eigenvalue weighted by Gasteiger charge is 2.37. The lowest BCUT2D eigenvalue weighted by atomic mass is 10.0. The lowest BCUT2D eigenvalue weighted by Gasteiger charge is -2.38. The number of ether oxygens (including phenoxy) is 6. The summed E-state index contributed by atoms with van der Waals surface area (Å²) in [6.45, 7) is 23.8. The van der Waals surface area contributed by atoms with Crippen LogP contribution in [0.2, 0.25) is 15.5 Å². The van der Waals surface area contributed by atoms with Crippen molar-refractivity contribution in [3.63, 3.8) is 0 Å². The van der Waals surface area contributed by atoms with Crippen molar-refractivity contribution in [2.45, 2.75) is 130 Å². The number of rotatable bonds is 17. The molecule has 5 aromatic rings. The normalized spacial score (nSPS) is 14.8. The second kappa shape index (κ2) is 29.3. The van der Waals surface area contributed by atoms with Gasteiger partial charge in [-0.25, -0.2) is 33.7 Å². The molecule has 1 aromatic carbocycles. The molecule has 0 radical (unpaired) electrons. The minimum atomic E-state index is -0.932. The molecule has 78 heavy (non-hydrogen) atoms. The van der Waals surface area contributed by atoms with Gasteiger partial charge in [0.05, 0.1) is 24.5 Å². The molecule has 2 saturated heterocycles. The first-order valence-electron chi connectivity index (χ1n) is 26.4. The highest BCUT2D eigenvalue weighted by atomic mass is 35.5. The Morgan fingerprint density at radius 1 is 0.654 bits per heavy atom. The molecule has 0 atom stereocenters. The number of nitrogens with zero attached hydrogens (tertiary/aromatic N) is 7. The van der Waals surface area contributed by atoms with E-state index in [0.717, 1.165) is 29.5 Å². The summed E-state index contributed by atoms with van der Waals surface area (Å²) in [7, 11) is 0. The van der Waals surface area contributed by atoms with E-state index >= 15 is 0 Å². The number of likely N-dealkylation sites (tertiary alicyclic amines) is 2. The highest BCUT2D eigenvalue weighted by molar-refractivity contribution is 6.30. The predicted octanol–water partition coefficient (Wildman–Crippen LogP) is 10.9. The van der Waals surface area contributed by atoms with Crippen LogP contribution in [0.15, 0.2) is 90.2 Å². The van der Waals surface area contributed by atoms with Crippen LogP contribution in [0.5, 0.6) is 0 Å². The summed E-state index contributed by atoms with van der Waals surface area (Å²) in [5.74, 6) is -2.23. The van der Waals surface area contributed by atoms with Crippen molar-refractivity contribution in [2.75, 3.05) is 65.7 Å². The third-order valence-corrected chi connectivity index (χ3v) is 13.0. The van der Waals surface area contributed by atoms with E-state index in [9.17, 15) is 18.8 Å². The van der Waals surface area contributed by atoms with Gasteiger partial charge in [-0.2, -0.15) is 0 Å². The van der Waals surface area contributed by atoms with Crippen LogP contribution in [0.3, 0.4) is 0 Å². The number of aromatic nitrogens is 5. The molecule has 22 heteroatoms. The van der Waals surface area contributed by atoms with E-state index in [0.29, 0.717) is 98.8 Å². The average Bonchev–Trinajstić information content (AvgIpc) is 3.74. The quantitative estimate of drug-likeness (QED) is 0.0658. The summed E-state index contributed by atoms with van der Waals surface area (Å²) in [5, 5.41) is 4.67. The van der Waals surface area contributed by atoms with Gasteiger partial charge in [0.25, 0.3) is 0 Å².